The number of carbonyl (C=O) groups excluding carboxylic acids is 1. The van der Waals surface area contributed by atoms with E-state index in [2.05, 4.69) is 15.5 Å². The summed E-state index contributed by atoms with van der Waals surface area (Å²) in [5.41, 5.74) is 3.92. The average molecular weight is 455 g/mol. The molecule has 0 spiro atoms. The molecular weight excluding hydrogens is 436 g/mol. The summed E-state index contributed by atoms with van der Waals surface area (Å²) in [6, 6.07) is 17.4. The number of thioether (sulfide) groups is 1. The van der Waals surface area contributed by atoms with Crippen LogP contribution < -0.4 is 5.32 Å². The van der Waals surface area contributed by atoms with E-state index in [9.17, 15) is 4.79 Å². The number of carbonyl (C=O) groups is 1. The van der Waals surface area contributed by atoms with Gasteiger partial charge in [0.15, 0.2) is 11.0 Å². The van der Waals surface area contributed by atoms with Crippen LogP contribution in [0, 0.1) is 13.8 Å². The number of halogens is 1. The summed E-state index contributed by atoms with van der Waals surface area (Å²) in [5.74, 6) is 0.878. The van der Waals surface area contributed by atoms with E-state index in [0.717, 1.165) is 33.2 Å². The first-order valence-electron chi connectivity index (χ1n) is 9.26. The van der Waals surface area contributed by atoms with Crippen molar-refractivity contribution >= 4 is 46.3 Å². The van der Waals surface area contributed by atoms with Gasteiger partial charge in [0.2, 0.25) is 5.91 Å². The Morgan fingerprint density at radius 3 is 2.63 bits per heavy atom. The van der Waals surface area contributed by atoms with Gasteiger partial charge in [-0.25, -0.2) is 0 Å². The number of nitrogens with one attached hydrogen (secondary N) is 1. The highest BCUT2D eigenvalue weighted by atomic mass is 35.5. The lowest BCUT2D eigenvalue weighted by Gasteiger charge is -2.11. The van der Waals surface area contributed by atoms with Crippen LogP contribution in [0.15, 0.2) is 65.1 Å². The van der Waals surface area contributed by atoms with Crippen molar-refractivity contribution < 1.29 is 4.79 Å². The average Bonchev–Trinajstić information content (AvgIpc) is 3.39. The monoisotopic (exact) mass is 454 g/mol. The van der Waals surface area contributed by atoms with E-state index >= 15 is 0 Å². The van der Waals surface area contributed by atoms with Gasteiger partial charge in [-0.15, -0.1) is 21.5 Å². The molecule has 2 aromatic heterocycles. The van der Waals surface area contributed by atoms with Crippen LogP contribution >= 0.6 is 34.7 Å². The Labute approximate surface area is 188 Å². The number of benzene rings is 2. The van der Waals surface area contributed by atoms with E-state index in [4.69, 9.17) is 11.6 Å². The third-order valence-corrected chi connectivity index (χ3v) is 6.49. The van der Waals surface area contributed by atoms with Crippen LogP contribution in [-0.2, 0) is 4.79 Å². The number of hydrogen-bond acceptors (Lipinski definition) is 5. The largest absolute Gasteiger partial charge is 0.325 e. The lowest BCUT2D eigenvalue weighted by atomic mass is 10.1. The van der Waals surface area contributed by atoms with Crippen LogP contribution in [0.3, 0.4) is 0 Å². The van der Waals surface area contributed by atoms with Crippen LogP contribution in [0.2, 0.25) is 5.02 Å². The van der Waals surface area contributed by atoms with Crippen molar-refractivity contribution in [1.82, 2.24) is 14.8 Å². The molecule has 0 saturated heterocycles. The molecule has 4 rings (SSSR count). The molecule has 0 aliphatic carbocycles. The van der Waals surface area contributed by atoms with E-state index in [0.29, 0.717) is 10.2 Å². The number of thiophene rings is 1. The minimum atomic E-state index is -0.0877. The first kappa shape index (κ1) is 20.7. The molecular formula is C22H19ClN4OS2. The number of anilines is 1. The molecule has 0 fully saturated rings. The molecule has 0 atom stereocenters. The Bertz CT molecular complexity index is 1170. The van der Waals surface area contributed by atoms with Crippen LogP contribution in [-0.4, -0.2) is 26.4 Å². The summed E-state index contributed by atoms with van der Waals surface area (Å²) in [6.45, 7) is 4.02. The standard InChI is InChI=1S/C22H19ClN4OS2/c1-14-5-10-18(15(2)12-14)24-20(28)13-30-22-26-25-21(19-4-3-11-29-19)27(22)17-8-6-16(23)7-9-17/h3-12H,13H2,1-2H3,(H,24,28). The maximum absolute atomic E-state index is 12.5. The van der Waals surface area contributed by atoms with Crippen molar-refractivity contribution in [1.29, 1.82) is 0 Å². The van der Waals surface area contributed by atoms with Crippen molar-refractivity contribution in [2.45, 2.75) is 19.0 Å². The molecule has 0 radical (unpaired) electrons. The summed E-state index contributed by atoms with van der Waals surface area (Å²) < 4.78 is 1.96. The maximum Gasteiger partial charge on any atom is 0.234 e. The number of aromatic nitrogens is 3. The molecule has 30 heavy (non-hydrogen) atoms. The molecule has 4 aromatic rings. The second-order valence-electron chi connectivity index (χ2n) is 6.75. The van der Waals surface area contributed by atoms with E-state index in [1.165, 1.54) is 11.8 Å². The van der Waals surface area contributed by atoms with Gasteiger partial charge in [0.25, 0.3) is 0 Å². The third-order valence-electron chi connectivity index (χ3n) is 4.45. The number of amides is 1. The quantitative estimate of drug-likeness (QED) is 0.363. The summed E-state index contributed by atoms with van der Waals surface area (Å²) in [7, 11) is 0. The number of rotatable bonds is 6. The zero-order valence-corrected chi connectivity index (χ0v) is 18.8. The number of aryl methyl sites for hydroxylation is 2. The minimum absolute atomic E-state index is 0.0877. The Kier molecular flexibility index (Phi) is 6.22. The van der Waals surface area contributed by atoms with Gasteiger partial charge in [0, 0.05) is 16.4 Å². The zero-order chi connectivity index (χ0) is 21.1. The predicted octanol–water partition coefficient (Wildman–Crippen LogP) is 6.00. The van der Waals surface area contributed by atoms with E-state index in [-0.39, 0.29) is 11.7 Å². The molecule has 1 amide bonds. The van der Waals surface area contributed by atoms with Gasteiger partial charge in [0.1, 0.15) is 0 Å². The molecule has 0 aliphatic rings. The normalized spacial score (nSPS) is 10.9. The summed E-state index contributed by atoms with van der Waals surface area (Å²) >= 11 is 9.00. The fourth-order valence-electron chi connectivity index (χ4n) is 3.02. The van der Waals surface area contributed by atoms with Crippen LogP contribution in [0.4, 0.5) is 5.69 Å². The van der Waals surface area contributed by atoms with Gasteiger partial charge >= 0.3 is 0 Å². The van der Waals surface area contributed by atoms with Crippen LogP contribution in [0.1, 0.15) is 11.1 Å². The second-order valence-corrected chi connectivity index (χ2v) is 9.08. The minimum Gasteiger partial charge on any atom is -0.325 e. The fourth-order valence-corrected chi connectivity index (χ4v) is 4.60. The summed E-state index contributed by atoms with van der Waals surface area (Å²) in [5, 5.41) is 15.0. The Balaban J connectivity index is 1.56. The van der Waals surface area contributed by atoms with Gasteiger partial charge in [0.05, 0.1) is 10.6 Å². The fraction of sp³-hybridized carbons (Fsp3) is 0.136. The van der Waals surface area contributed by atoms with Crippen molar-refractivity contribution in [3.05, 3.63) is 76.1 Å². The third kappa shape index (κ3) is 4.59. The van der Waals surface area contributed by atoms with Crippen molar-refractivity contribution in [2.75, 3.05) is 11.1 Å². The highest BCUT2D eigenvalue weighted by molar-refractivity contribution is 7.99. The topological polar surface area (TPSA) is 59.8 Å². The molecule has 2 aromatic carbocycles. The van der Waals surface area contributed by atoms with Gasteiger partial charge < -0.3 is 5.32 Å². The Morgan fingerprint density at radius 1 is 1.13 bits per heavy atom. The van der Waals surface area contributed by atoms with Crippen LogP contribution in [0.25, 0.3) is 16.4 Å². The first-order valence-corrected chi connectivity index (χ1v) is 11.5. The molecule has 8 heteroatoms. The summed E-state index contributed by atoms with van der Waals surface area (Å²) in [6.07, 6.45) is 0. The molecule has 152 valence electrons. The van der Waals surface area contributed by atoms with Crippen molar-refractivity contribution in [3.63, 3.8) is 0 Å². The molecule has 0 aliphatic heterocycles. The lowest BCUT2D eigenvalue weighted by Crippen LogP contribution is -2.15. The molecule has 1 N–H and O–H groups in total. The lowest BCUT2D eigenvalue weighted by molar-refractivity contribution is -0.113. The molecule has 0 bridgehead atoms. The maximum atomic E-state index is 12.5. The van der Waals surface area contributed by atoms with E-state index in [1.807, 2.05) is 78.4 Å². The highest BCUT2D eigenvalue weighted by Gasteiger charge is 2.18. The highest BCUT2D eigenvalue weighted by Crippen LogP contribution is 2.31. The smallest absolute Gasteiger partial charge is 0.234 e. The zero-order valence-electron chi connectivity index (χ0n) is 16.4. The van der Waals surface area contributed by atoms with Gasteiger partial charge in [-0.3, -0.25) is 9.36 Å². The van der Waals surface area contributed by atoms with Gasteiger partial charge in [-0.05, 0) is 61.2 Å². The Morgan fingerprint density at radius 2 is 1.93 bits per heavy atom. The number of hydrogen-bond donors (Lipinski definition) is 1. The first-order chi connectivity index (χ1) is 14.5. The molecule has 5 nitrogen and oxygen atoms in total. The van der Waals surface area contributed by atoms with Gasteiger partial charge in [-0.1, -0.05) is 47.1 Å². The Hall–Kier alpha value is -2.61. The predicted molar refractivity (Wildman–Crippen MR) is 125 cm³/mol. The van der Waals surface area contributed by atoms with Crippen molar-refractivity contribution in [3.8, 4) is 16.4 Å². The molecule has 0 saturated carbocycles. The number of nitrogens with zero attached hydrogens (tertiary/aromatic N) is 3. The SMILES string of the molecule is Cc1ccc(NC(=O)CSc2nnc(-c3cccs3)n2-c2ccc(Cl)cc2)c(C)c1. The molecule has 0 unspecified atom stereocenters. The van der Waals surface area contributed by atoms with Gasteiger partial charge in [-0.2, -0.15) is 0 Å². The molecule has 2 heterocycles. The van der Waals surface area contributed by atoms with E-state index in [1.54, 1.807) is 11.3 Å². The van der Waals surface area contributed by atoms with E-state index < -0.39 is 0 Å². The van der Waals surface area contributed by atoms with Crippen molar-refractivity contribution in [2.24, 2.45) is 0 Å². The summed E-state index contributed by atoms with van der Waals surface area (Å²) in [4.78, 5) is 13.5. The second kappa shape index (κ2) is 9.04. The van der Waals surface area contributed by atoms with Crippen LogP contribution in [0.5, 0.6) is 0 Å².